The Morgan fingerprint density at radius 2 is 1.79 bits per heavy atom. The second-order valence-corrected chi connectivity index (χ2v) is 6.93. The number of carbonyl (C=O) groups is 1. The van der Waals surface area contributed by atoms with Crippen LogP contribution in [0.4, 0.5) is 5.95 Å². The van der Waals surface area contributed by atoms with E-state index in [0.717, 1.165) is 29.5 Å². The summed E-state index contributed by atoms with van der Waals surface area (Å²) in [4.78, 5) is 20.8. The average Bonchev–Trinajstić information content (AvgIpc) is 3.15. The van der Waals surface area contributed by atoms with E-state index in [0.29, 0.717) is 24.1 Å². The maximum absolute atomic E-state index is 11.9. The van der Waals surface area contributed by atoms with Gasteiger partial charge >= 0.3 is 5.97 Å². The van der Waals surface area contributed by atoms with E-state index in [2.05, 4.69) is 39.6 Å². The molecule has 1 aromatic heterocycles. The Morgan fingerprint density at radius 3 is 2.39 bits per heavy atom. The number of hydrogen-bond acceptors (Lipinski definition) is 6. The maximum atomic E-state index is 11.9. The first-order valence-electron chi connectivity index (χ1n) is 9.24. The minimum atomic E-state index is -0.392. The summed E-state index contributed by atoms with van der Waals surface area (Å²) in [6.45, 7) is 0.334. The number of esters is 1. The number of aromatic nitrogens is 2. The molecule has 6 nitrogen and oxygen atoms in total. The molecule has 0 fully saturated rings. The molecular formula is C22H22N4O2. The van der Waals surface area contributed by atoms with Crippen molar-refractivity contribution in [2.45, 2.75) is 25.4 Å². The van der Waals surface area contributed by atoms with Crippen molar-refractivity contribution in [3.05, 3.63) is 77.1 Å². The van der Waals surface area contributed by atoms with Gasteiger partial charge in [-0.3, -0.25) is 0 Å². The van der Waals surface area contributed by atoms with E-state index in [4.69, 9.17) is 10.5 Å². The third-order valence-electron chi connectivity index (χ3n) is 5.02. The smallest absolute Gasteiger partial charge is 0.337 e. The molecule has 4 rings (SSSR count). The highest BCUT2D eigenvalue weighted by atomic mass is 16.5. The summed E-state index contributed by atoms with van der Waals surface area (Å²) < 4.78 is 4.83. The highest BCUT2D eigenvalue weighted by Gasteiger charge is 2.21. The van der Waals surface area contributed by atoms with Gasteiger partial charge in [-0.1, -0.05) is 24.3 Å². The van der Waals surface area contributed by atoms with Crippen LogP contribution < -0.4 is 11.1 Å². The number of fused-ring (bicyclic) bond motifs is 1. The van der Waals surface area contributed by atoms with Crippen LogP contribution in [-0.4, -0.2) is 29.1 Å². The first-order valence-corrected chi connectivity index (χ1v) is 9.24. The van der Waals surface area contributed by atoms with Gasteiger partial charge in [-0.25, -0.2) is 14.8 Å². The highest BCUT2D eigenvalue weighted by molar-refractivity contribution is 5.91. The zero-order valence-corrected chi connectivity index (χ0v) is 15.7. The molecule has 0 spiro atoms. The van der Waals surface area contributed by atoms with Crippen LogP contribution in [0.1, 0.15) is 27.0 Å². The van der Waals surface area contributed by atoms with Crippen molar-refractivity contribution in [3.63, 3.8) is 0 Å². The van der Waals surface area contributed by atoms with Crippen molar-refractivity contribution >= 4 is 11.9 Å². The van der Waals surface area contributed by atoms with E-state index in [9.17, 15) is 4.79 Å². The average molecular weight is 374 g/mol. The first kappa shape index (κ1) is 18.1. The van der Waals surface area contributed by atoms with Crippen molar-refractivity contribution in [3.8, 4) is 11.1 Å². The van der Waals surface area contributed by atoms with Gasteiger partial charge in [-0.05, 0) is 53.3 Å². The number of nitrogens with one attached hydrogen (secondary N) is 1. The quantitative estimate of drug-likeness (QED) is 0.668. The molecule has 0 bridgehead atoms. The van der Waals surface area contributed by atoms with Crippen LogP contribution in [-0.2, 0) is 24.1 Å². The van der Waals surface area contributed by atoms with Crippen LogP contribution in [0, 0.1) is 0 Å². The fourth-order valence-corrected chi connectivity index (χ4v) is 3.61. The molecule has 0 amide bonds. The van der Waals surface area contributed by atoms with E-state index >= 15 is 0 Å². The highest BCUT2D eigenvalue weighted by Crippen LogP contribution is 2.25. The molecule has 142 valence electrons. The Morgan fingerprint density at radius 1 is 1.11 bits per heavy atom. The summed E-state index contributed by atoms with van der Waals surface area (Å²) in [5.41, 5.74) is 11.5. The van der Waals surface area contributed by atoms with Crippen LogP contribution >= 0.6 is 0 Å². The number of ether oxygens (including phenoxy) is 1. The SMILES string of the molecule is COC(=O)c1cc(CN)cc(-c2cnc(NC3Cc4ccccc4C3)nc2)c1. The molecule has 0 atom stereocenters. The molecule has 0 unspecified atom stereocenters. The topological polar surface area (TPSA) is 90.1 Å². The van der Waals surface area contributed by atoms with Crippen molar-refractivity contribution in [1.29, 1.82) is 0 Å². The molecule has 0 saturated heterocycles. The van der Waals surface area contributed by atoms with E-state index < -0.39 is 5.97 Å². The standard InChI is InChI=1S/C22H22N4O2/c1-28-21(27)18-7-14(11-23)6-17(8-18)19-12-24-22(25-13-19)26-20-9-15-4-2-3-5-16(15)10-20/h2-8,12-13,20H,9-11,23H2,1H3,(H,24,25,26). The lowest BCUT2D eigenvalue weighted by Gasteiger charge is -2.12. The fraction of sp³-hybridized carbons (Fsp3) is 0.227. The molecule has 1 aliphatic carbocycles. The largest absolute Gasteiger partial charge is 0.465 e. The number of nitrogens with zero attached hydrogens (tertiary/aromatic N) is 2. The van der Waals surface area contributed by atoms with Gasteiger partial charge < -0.3 is 15.8 Å². The van der Waals surface area contributed by atoms with Crippen molar-refractivity contribution in [2.75, 3.05) is 12.4 Å². The van der Waals surface area contributed by atoms with Gasteiger partial charge in [0.1, 0.15) is 0 Å². The summed E-state index contributed by atoms with van der Waals surface area (Å²) in [7, 11) is 1.36. The second-order valence-electron chi connectivity index (χ2n) is 6.93. The van der Waals surface area contributed by atoms with Crippen LogP contribution in [0.25, 0.3) is 11.1 Å². The number of benzene rings is 2. The van der Waals surface area contributed by atoms with Gasteiger partial charge in [0.25, 0.3) is 0 Å². The normalized spacial score (nSPS) is 13.2. The van der Waals surface area contributed by atoms with Crippen LogP contribution in [0.5, 0.6) is 0 Å². The minimum Gasteiger partial charge on any atom is -0.465 e. The Bertz CT molecular complexity index is 977. The Hall–Kier alpha value is -3.25. The predicted molar refractivity (Wildman–Crippen MR) is 108 cm³/mol. The summed E-state index contributed by atoms with van der Waals surface area (Å²) >= 11 is 0. The lowest BCUT2D eigenvalue weighted by molar-refractivity contribution is 0.0600. The number of anilines is 1. The number of hydrogen-bond donors (Lipinski definition) is 2. The van der Waals surface area contributed by atoms with E-state index in [1.165, 1.54) is 18.2 Å². The van der Waals surface area contributed by atoms with Crippen LogP contribution in [0.3, 0.4) is 0 Å². The third kappa shape index (κ3) is 3.73. The summed E-state index contributed by atoms with van der Waals surface area (Å²) in [5, 5.41) is 3.41. The molecule has 6 heteroatoms. The minimum absolute atomic E-state index is 0.301. The van der Waals surface area contributed by atoms with Gasteiger partial charge in [-0.15, -0.1) is 0 Å². The lowest BCUT2D eigenvalue weighted by Crippen LogP contribution is -2.20. The molecule has 0 saturated carbocycles. The molecule has 2 aromatic carbocycles. The fourth-order valence-electron chi connectivity index (χ4n) is 3.61. The van der Waals surface area contributed by atoms with Gasteiger partial charge in [0.2, 0.25) is 5.95 Å². The first-order chi connectivity index (χ1) is 13.7. The molecule has 1 heterocycles. The molecule has 3 N–H and O–H groups in total. The summed E-state index contributed by atoms with van der Waals surface area (Å²) in [6, 6.07) is 14.2. The van der Waals surface area contributed by atoms with Crippen LogP contribution in [0.15, 0.2) is 54.9 Å². The van der Waals surface area contributed by atoms with Crippen molar-refractivity contribution < 1.29 is 9.53 Å². The molecule has 3 aromatic rings. The van der Waals surface area contributed by atoms with Gasteiger partial charge in [-0.2, -0.15) is 0 Å². The van der Waals surface area contributed by atoms with E-state index in [1.807, 2.05) is 6.07 Å². The predicted octanol–water partition coefficient (Wildman–Crippen LogP) is 2.97. The van der Waals surface area contributed by atoms with Gasteiger partial charge in [0, 0.05) is 30.5 Å². The molecular weight excluding hydrogens is 352 g/mol. The zero-order chi connectivity index (χ0) is 19.5. The number of carbonyl (C=O) groups excluding carboxylic acids is 1. The summed E-state index contributed by atoms with van der Waals surface area (Å²) in [5.74, 6) is 0.210. The molecule has 0 aliphatic heterocycles. The number of rotatable bonds is 5. The zero-order valence-electron chi connectivity index (χ0n) is 15.7. The third-order valence-corrected chi connectivity index (χ3v) is 5.02. The lowest BCUT2D eigenvalue weighted by atomic mass is 10.0. The van der Waals surface area contributed by atoms with E-state index in [-0.39, 0.29) is 0 Å². The number of nitrogens with two attached hydrogens (primary N) is 1. The van der Waals surface area contributed by atoms with E-state index in [1.54, 1.807) is 24.5 Å². The monoisotopic (exact) mass is 374 g/mol. The second kappa shape index (κ2) is 7.78. The van der Waals surface area contributed by atoms with Crippen LogP contribution in [0.2, 0.25) is 0 Å². The molecule has 1 aliphatic rings. The Balaban J connectivity index is 1.51. The molecule has 0 radical (unpaired) electrons. The Labute approximate surface area is 163 Å². The van der Waals surface area contributed by atoms with Crippen molar-refractivity contribution in [2.24, 2.45) is 5.73 Å². The number of methoxy groups -OCH3 is 1. The summed E-state index contributed by atoms with van der Waals surface area (Å²) in [6.07, 6.45) is 5.47. The van der Waals surface area contributed by atoms with Crippen molar-refractivity contribution in [1.82, 2.24) is 9.97 Å². The Kier molecular flexibility index (Phi) is 5.04. The maximum Gasteiger partial charge on any atom is 0.337 e. The van der Waals surface area contributed by atoms with Gasteiger partial charge in [0.05, 0.1) is 12.7 Å². The van der Waals surface area contributed by atoms with Gasteiger partial charge in [0.15, 0.2) is 0 Å². The molecule has 28 heavy (non-hydrogen) atoms.